The smallest absolute Gasteiger partial charge is 0.421 e. The van der Waals surface area contributed by atoms with E-state index in [1.807, 2.05) is 0 Å². The molecule has 1 aliphatic heterocycles. The van der Waals surface area contributed by atoms with E-state index in [1.54, 1.807) is 30.3 Å². The Balaban J connectivity index is 1.69. The van der Waals surface area contributed by atoms with Crippen molar-refractivity contribution in [2.45, 2.75) is 48.7 Å². The summed E-state index contributed by atoms with van der Waals surface area (Å²) in [5, 5.41) is 9.20. The van der Waals surface area contributed by atoms with E-state index < -0.39 is 60.2 Å². The zero-order valence-electron chi connectivity index (χ0n) is 23.8. The molecular formula is C29H31F3N2O8S2. The highest BCUT2D eigenvalue weighted by molar-refractivity contribution is 7.89. The topological polar surface area (TPSA) is 139 Å². The largest absolute Gasteiger partial charge is 0.493 e. The van der Waals surface area contributed by atoms with Crippen molar-refractivity contribution in [3.63, 3.8) is 0 Å². The molecule has 0 unspecified atom stereocenters. The number of halogens is 3. The number of alkyl halides is 3. The number of carboxylic acids is 1. The molecule has 0 aliphatic carbocycles. The maximum Gasteiger partial charge on any atom is 0.421 e. The summed E-state index contributed by atoms with van der Waals surface area (Å²) in [5.41, 5.74) is -1.35. The normalized spacial score (nSPS) is 15.2. The molecule has 3 aromatic rings. The van der Waals surface area contributed by atoms with Crippen molar-refractivity contribution in [2.24, 2.45) is 0 Å². The van der Waals surface area contributed by atoms with Crippen molar-refractivity contribution in [3.05, 3.63) is 71.8 Å². The van der Waals surface area contributed by atoms with Gasteiger partial charge in [0.2, 0.25) is 20.0 Å². The third kappa shape index (κ3) is 7.01. The lowest BCUT2D eigenvalue weighted by atomic mass is 10.00. The number of nitrogens with one attached hydrogen (secondary N) is 1. The quantitative estimate of drug-likeness (QED) is 0.294. The lowest BCUT2D eigenvalue weighted by molar-refractivity contribution is -0.141. The number of carbonyl (C=O) groups is 1. The van der Waals surface area contributed by atoms with Crippen LogP contribution in [0.1, 0.15) is 42.6 Å². The maximum absolute atomic E-state index is 14.7. The molecule has 0 saturated carbocycles. The molecule has 1 aliphatic rings. The summed E-state index contributed by atoms with van der Waals surface area (Å²) in [7, 11) is -9.01. The van der Waals surface area contributed by atoms with E-state index in [0.29, 0.717) is 5.56 Å². The minimum Gasteiger partial charge on any atom is -0.493 e. The molecule has 0 spiro atoms. The fourth-order valence-corrected chi connectivity index (χ4v) is 8.14. The van der Waals surface area contributed by atoms with Crippen LogP contribution in [0.25, 0.3) is 11.1 Å². The zero-order chi connectivity index (χ0) is 32.3. The molecule has 1 fully saturated rings. The molecule has 15 heteroatoms. The molecule has 1 saturated heterocycles. The predicted octanol–water partition coefficient (Wildman–Crippen LogP) is 5.00. The van der Waals surface area contributed by atoms with Gasteiger partial charge in [-0.25, -0.2) is 26.4 Å². The lowest BCUT2D eigenvalue weighted by Crippen LogP contribution is -2.46. The lowest BCUT2D eigenvalue weighted by Gasteiger charge is -2.32. The monoisotopic (exact) mass is 656 g/mol. The van der Waals surface area contributed by atoms with E-state index in [1.165, 1.54) is 38.1 Å². The van der Waals surface area contributed by atoms with Gasteiger partial charge in [0.25, 0.3) is 0 Å². The highest BCUT2D eigenvalue weighted by Gasteiger charge is 2.45. The van der Waals surface area contributed by atoms with Gasteiger partial charge < -0.3 is 14.6 Å². The van der Waals surface area contributed by atoms with E-state index >= 15 is 0 Å². The fraction of sp³-hybridized carbons (Fsp3) is 0.345. The standard InChI is InChI=1S/C29H31F3N2O8S2/c1-3-41-24-18-23(19-9-6-5-7-10-19)26(42-4-2)25(29(30,31)32)27(24)43(37,38)33-21-13-15-34(16-14-21)44(39,40)22-12-8-11-20(17-22)28(35)36/h5-12,17-18,21,33H,3-4,13-16H2,1-2H3,(H,35,36). The van der Waals surface area contributed by atoms with Crippen LogP contribution in [-0.2, 0) is 26.2 Å². The molecule has 44 heavy (non-hydrogen) atoms. The summed E-state index contributed by atoms with van der Waals surface area (Å²) in [6.45, 7) is 2.38. The van der Waals surface area contributed by atoms with Crippen LogP contribution in [0, 0.1) is 0 Å². The number of nitrogens with zero attached hydrogens (tertiary/aromatic N) is 1. The Hall–Kier alpha value is -3.66. The minimum absolute atomic E-state index is 0.00709. The summed E-state index contributed by atoms with van der Waals surface area (Å²) in [4.78, 5) is 9.93. The molecule has 3 aromatic carbocycles. The average molecular weight is 657 g/mol. The predicted molar refractivity (Wildman–Crippen MR) is 155 cm³/mol. The number of aromatic carboxylic acids is 1. The number of hydrogen-bond donors (Lipinski definition) is 2. The summed E-state index contributed by atoms with van der Waals surface area (Å²) >= 11 is 0. The Morgan fingerprint density at radius 2 is 1.59 bits per heavy atom. The Morgan fingerprint density at radius 1 is 0.955 bits per heavy atom. The molecule has 0 radical (unpaired) electrons. The number of benzene rings is 3. The molecule has 10 nitrogen and oxygen atoms in total. The van der Waals surface area contributed by atoms with Gasteiger partial charge >= 0.3 is 12.1 Å². The van der Waals surface area contributed by atoms with Crippen LogP contribution in [0.15, 0.2) is 70.5 Å². The highest BCUT2D eigenvalue weighted by Crippen LogP contribution is 2.49. The molecule has 1 heterocycles. The number of ether oxygens (including phenoxy) is 2. The Kier molecular flexibility index (Phi) is 9.93. The van der Waals surface area contributed by atoms with Crippen molar-refractivity contribution in [1.29, 1.82) is 0 Å². The summed E-state index contributed by atoms with van der Waals surface area (Å²) in [5.74, 6) is -2.46. The van der Waals surface area contributed by atoms with E-state index in [9.17, 15) is 39.9 Å². The molecular weight excluding hydrogens is 625 g/mol. The number of rotatable bonds is 11. The van der Waals surface area contributed by atoms with Gasteiger partial charge in [0.05, 0.1) is 23.7 Å². The van der Waals surface area contributed by atoms with Crippen LogP contribution >= 0.6 is 0 Å². The SMILES string of the molecule is CCOc1cc(-c2ccccc2)c(OCC)c(C(F)(F)F)c1S(=O)(=O)NC1CCN(S(=O)(=O)c2cccc(C(=O)O)c2)CC1. The molecule has 0 bridgehead atoms. The molecule has 0 atom stereocenters. The molecule has 238 valence electrons. The first kappa shape index (κ1) is 33.2. The summed E-state index contributed by atoms with van der Waals surface area (Å²) < 4.78 is 112. The average Bonchev–Trinajstić information content (AvgIpc) is 2.97. The Bertz CT molecular complexity index is 1720. The zero-order valence-corrected chi connectivity index (χ0v) is 25.4. The first-order chi connectivity index (χ1) is 20.7. The number of carboxylic acid groups (broad SMARTS) is 1. The van der Waals surface area contributed by atoms with Crippen molar-refractivity contribution in [3.8, 4) is 22.6 Å². The first-order valence-electron chi connectivity index (χ1n) is 13.7. The van der Waals surface area contributed by atoms with E-state index in [-0.39, 0.29) is 55.2 Å². The van der Waals surface area contributed by atoms with Gasteiger partial charge in [-0.15, -0.1) is 0 Å². The number of sulfonamides is 2. The summed E-state index contributed by atoms with van der Waals surface area (Å²) in [6, 6.07) is 13.2. The fourth-order valence-electron chi connectivity index (χ4n) is 4.97. The van der Waals surface area contributed by atoms with Gasteiger partial charge in [-0.1, -0.05) is 36.4 Å². The van der Waals surface area contributed by atoms with Gasteiger partial charge in [-0.05, 0) is 56.5 Å². The van der Waals surface area contributed by atoms with Crippen LogP contribution in [0.2, 0.25) is 0 Å². The van der Waals surface area contributed by atoms with Gasteiger partial charge in [0.1, 0.15) is 22.0 Å². The van der Waals surface area contributed by atoms with Crippen LogP contribution in [0.4, 0.5) is 13.2 Å². The van der Waals surface area contributed by atoms with Crippen molar-refractivity contribution >= 4 is 26.0 Å². The number of hydrogen-bond acceptors (Lipinski definition) is 7. The minimum atomic E-state index is -5.16. The van der Waals surface area contributed by atoms with Crippen LogP contribution in [0.5, 0.6) is 11.5 Å². The van der Waals surface area contributed by atoms with Gasteiger partial charge in [0, 0.05) is 24.7 Å². The van der Waals surface area contributed by atoms with E-state index in [4.69, 9.17) is 9.47 Å². The highest BCUT2D eigenvalue weighted by atomic mass is 32.2. The van der Waals surface area contributed by atoms with Gasteiger partial charge in [-0.2, -0.15) is 17.5 Å². The second kappa shape index (κ2) is 13.1. The van der Waals surface area contributed by atoms with Crippen LogP contribution < -0.4 is 14.2 Å². The number of piperidine rings is 1. The molecule has 4 rings (SSSR count). The Labute approximate surface area is 253 Å². The molecule has 0 aromatic heterocycles. The van der Waals surface area contributed by atoms with Gasteiger partial charge in [-0.3, -0.25) is 0 Å². The van der Waals surface area contributed by atoms with Crippen molar-refractivity contribution < 1.29 is 49.4 Å². The third-order valence-electron chi connectivity index (χ3n) is 6.92. The molecule has 2 N–H and O–H groups in total. The second-order valence-corrected chi connectivity index (χ2v) is 13.4. The van der Waals surface area contributed by atoms with Gasteiger partial charge in [0.15, 0.2) is 0 Å². The van der Waals surface area contributed by atoms with E-state index in [0.717, 1.165) is 10.4 Å². The summed E-state index contributed by atoms with van der Waals surface area (Å²) in [6.07, 6.45) is -5.27. The van der Waals surface area contributed by atoms with Crippen LogP contribution in [0.3, 0.4) is 0 Å². The molecule has 0 amide bonds. The van der Waals surface area contributed by atoms with Crippen LogP contribution in [-0.4, -0.2) is 64.6 Å². The Morgan fingerprint density at radius 3 is 2.16 bits per heavy atom. The third-order valence-corrected chi connectivity index (χ3v) is 10.4. The van der Waals surface area contributed by atoms with Crippen molar-refractivity contribution in [1.82, 2.24) is 9.03 Å². The maximum atomic E-state index is 14.7. The van der Waals surface area contributed by atoms with Crippen molar-refractivity contribution in [2.75, 3.05) is 26.3 Å². The second-order valence-electron chi connectivity index (χ2n) is 9.82. The van der Waals surface area contributed by atoms with E-state index in [2.05, 4.69) is 4.72 Å². The first-order valence-corrected chi connectivity index (χ1v) is 16.6.